The zero-order chi connectivity index (χ0) is 14.5. The number of aliphatic hydroxyl groups is 1. The third kappa shape index (κ3) is 3.69. The highest BCUT2D eigenvalue weighted by Crippen LogP contribution is 2.19. The molecule has 0 aliphatic carbocycles. The number of para-hydroxylation sites is 1. The first-order chi connectivity index (χ1) is 9.58. The summed E-state index contributed by atoms with van der Waals surface area (Å²) in [6.07, 6.45) is 0. The van der Waals surface area contributed by atoms with E-state index in [-0.39, 0.29) is 17.3 Å². The van der Waals surface area contributed by atoms with Crippen LogP contribution < -0.4 is 10.6 Å². The molecule has 0 saturated heterocycles. The fourth-order valence-electron chi connectivity index (χ4n) is 1.69. The van der Waals surface area contributed by atoms with Gasteiger partial charge in [-0.3, -0.25) is 0 Å². The number of anilines is 2. The number of hydrogen-bond donors (Lipinski definition) is 3. The molecule has 0 atom stereocenters. The molecule has 0 saturated carbocycles. The van der Waals surface area contributed by atoms with E-state index in [1.165, 1.54) is 6.07 Å². The molecule has 0 aliphatic heterocycles. The molecule has 2 aromatic carbocycles. The van der Waals surface area contributed by atoms with Crippen molar-refractivity contribution in [2.75, 3.05) is 10.6 Å². The lowest BCUT2D eigenvalue weighted by Gasteiger charge is -2.10. The van der Waals surface area contributed by atoms with Gasteiger partial charge in [0.05, 0.1) is 6.61 Å². The van der Waals surface area contributed by atoms with E-state index < -0.39 is 11.8 Å². The molecule has 2 amide bonds. The van der Waals surface area contributed by atoms with Gasteiger partial charge in [-0.05, 0) is 24.3 Å². The average molecular weight is 295 g/mol. The van der Waals surface area contributed by atoms with E-state index in [1.807, 2.05) is 0 Å². The Hall–Kier alpha value is -2.11. The third-order valence-corrected chi connectivity index (χ3v) is 2.77. The highest BCUT2D eigenvalue weighted by atomic mass is 35.5. The zero-order valence-electron chi connectivity index (χ0n) is 10.4. The van der Waals surface area contributed by atoms with Gasteiger partial charge in [-0.15, -0.1) is 0 Å². The number of urea groups is 1. The summed E-state index contributed by atoms with van der Waals surface area (Å²) in [5.74, 6) is -0.538. The Morgan fingerprint density at radius 1 is 1.20 bits per heavy atom. The minimum absolute atomic E-state index is 0.191. The number of hydrogen-bond acceptors (Lipinski definition) is 2. The van der Waals surface area contributed by atoms with Crippen LogP contribution in [-0.2, 0) is 6.61 Å². The molecule has 0 radical (unpaired) electrons. The predicted molar refractivity (Wildman–Crippen MR) is 76.4 cm³/mol. The Morgan fingerprint density at radius 2 is 1.95 bits per heavy atom. The summed E-state index contributed by atoms with van der Waals surface area (Å²) in [7, 11) is 0. The van der Waals surface area contributed by atoms with Gasteiger partial charge in [-0.25, -0.2) is 9.18 Å². The number of carbonyl (C=O) groups is 1. The van der Waals surface area contributed by atoms with E-state index in [0.717, 1.165) is 12.1 Å². The molecule has 4 nitrogen and oxygen atoms in total. The first-order valence-corrected chi connectivity index (χ1v) is 6.19. The van der Waals surface area contributed by atoms with Crippen LogP contribution >= 0.6 is 11.6 Å². The maximum Gasteiger partial charge on any atom is 0.323 e. The van der Waals surface area contributed by atoms with E-state index >= 15 is 0 Å². The van der Waals surface area contributed by atoms with Gasteiger partial charge in [0.15, 0.2) is 0 Å². The van der Waals surface area contributed by atoms with Crippen molar-refractivity contribution in [1.82, 2.24) is 0 Å². The number of nitrogens with one attached hydrogen (secondary N) is 2. The number of rotatable bonds is 3. The molecule has 0 bridgehead atoms. The lowest BCUT2D eigenvalue weighted by molar-refractivity contribution is 0.262. The van der Waals surface area contributed by atoms with Crippen LogP contribution in [0.25, 0.3) is 0 Å². The summed E-state index contributed by atoms with van der Waals surface area (Å²) in [6.45, 7) is -0.192. The third-order valence-electron chi connectivity index (χ3n) is 2.56. The average Bonchev–Trinajstić information content (AvgIpc) is 2.37. The highest BCUT2D eigenvalue weighted by Gasteiger charge is 2.07. The number of halogens is 2. The maximum atomic E-state index is 13.1. The lowest BCUT2D eigenvalue weighted by Crippen LogP contribution is -2.20. The van der Waals surface area contributed by atoms with Crippen molar-refractivity contribution < 1.29 is 14.3 Å². The van der Waals surface area contributed by atoms with Crippen molar-refractivity contribution in [2.45, 2.75) is 6.61 Å². The molecule has 0 fully saturated rings. The van der Waals surface area contributed by atoms with Crippen molar-refractivity contribution in [3.05, 3.63) is 58.9 Å². The molecule has 104 valence electrons. The standard InChI is InChI=1S/C14H12ClFN2O2/c15-10-5-11(16)7-12(6-10)17-14(20)18-13-4-2-1-3-9(13)8-19/h1-7,19H,8H2,(H2,17,18,20). The Morgan fingerprint density at radius 3 is 2.65 bits per heavy atom. The first kappa shape index (κ1) is 14.3. The smallest absolute Gasteiger partial charge is 0.323 e. The highest BCUT2D eigenvalue weighted by molar-refractivity contribution is 6.30. The van der Waals surface area contributed by atoms with E-state index in [0.29, 0.717) is 11.3 Å². The van der Waals surface area contributed by atoms with Gasteiger partial charge in [0.1, 0.15) is 5.82 Å². The molecule has 2 rings (SSSR count). The maximum absolute atomic E-state index is 13.1. The summed E-state index contributed by atoms with van der Waals surface area (Å²) >= 11 is 5.70. The minimum atomic E-state index is -0.549. The largest absolute Gasteiger partial charge is 0.392 e. The molecule has 0 aliphatic rings. The molecular formula is C14H12ClFN2O2. The van der Waals surface area contributed by atoms with Crippen molar-refractivity contribution in [3.8, 4) is 0 Å². The van der Waals surface area contributed by atoms with Crippen molar-refractivity contribution in [1.29, 1.82) is 0 Å². The molecule has 0 aromatic heterocycles. The van der Waals surface area contributed by atoms with Crippen LogP contribution in [0.4, 0.5) is 20.6 Å². The van der Waals surface area contributed by atoms with Crippen LogP contribution in [0.2, 0.25) is 5.02 Å². The lowest BCUT2D eigenvalue weighted by atomic mass is 10.2. The van der Waals surface area contributed by atoms with E-state index in [1.54, 1.807) is 24.3 Å². The van der Waals surface area contributed by atoms with E-state index in [2.05, 4.69) is 10.6 Å². The second kappa shape index (κ2) is 6.36. The van der Waals surface area contributed by atoms with Crippen LogP contribution in [0, 0.1) is 5.82 Å². The van der Waals surface area contributed by atoms with Gasteiger partial charge in [-0.2, -0.15) is 0 Å². The molecule has 0 unspecified atom stereocenters. The first-order valence-electron chi connectivity index (χ1n) is 5.81. The van der Waals surface area contributed by atoms with Gasteiger partial charge >= 0.3 is 6.03 Å². The topological polar surface area (TPSA) is 61.4 Å². The minimum Gasteiger partial charge on any atom is -0.392 e. The van der Waals surface area contributed by atoms with Crippen LogP contribution in [0.1, 0.15) is 5.56 Å². The number of aliphatic hydroxyl groups excluding tert-OH is 1. The summed E-state index contributed by atoms with van der Waals surface area (Å²) < 4.78 is 13.1. The number of benzene rings is 2. The van der Waals surface area contributed by atoms with Crippen LogP contribution in [0.15, 0.2) is 42.5 Å². The van der Waals surface area contributed by atoms with Crippen molar-refractivity contribution in [3.63, 3.8) is 0 Å². The Kier molecular flexibility index (Phi) is 4.55. The molecule has 0 heterocycles. The summed E-state index contributed by atoms with van der Waals surface area (Å²) in [4.78, 5) is 11.8. The Bertz CT molecular complexity index is 614. The summed E-state index contributed by atoms with van der Waals surface area (Å²) in [5, 5.41) is 14.4. The predicted octanol–water partition coefficient (Wildman–Crippen LogP) is 3.62. The summed E-state index contributed by atoms with van der Waals surface area (Å²) in [6, 6.07) is 10.0. The van der Waals surface area contributed by atoms with Gasteiger partial charge in [0.2, 0.25) is 0 Å². The van der Waals surface area contributed by atoms with Crippen molar-refractivity contribution >= 4 is 29.0 Å². The Labute approximate surface area is 120 Å². The molecule has 3 N–H and O–H groups in total. The van der Waals surface area contributed by atoms with Gasteiger partial charge in [0.25, 0.3) is 0 Å². The van der Waals surface area contributed by atoms with Gasteiger partial charge in [-0.1, -0.05) is 29.8 Å². The molecule has 2 aromatic rings. The SMILES string of the molecule is O=C(Nc1cc(F)cc(Cl)c1)Nc1ccccc1CO. The zero-order valence-corrected chi connectivity index (χ0v) is 11.1. The molecule has 20 heavy (non-hydrogen) atoms. The van der Waals surface area contributed by atoms with Crippen molar-refractivity contribution in [2.24, 2.45) is 0 Å². The van der Waals surface area contributed by atoms with E-state index in [9.17, 15) is 9.18 Å². The van der Waals surface area contributed by atoms with Crippen LogP contribution in [-0.4, -0.2) is 11.1 Å². The number of carbonyl (C=O) groups excluding carboxylic acids is 1. The molecule has 6 heteroatoms. The van der Waals surface area contributed by atoms with Gasteiger partial charge in [0, 0.05) is 22.0 Å². The van der Waals surface area contributed by atoms with Crippen LogP contribution in [0.5, 0.6) is 0 Å². The quantitative estimate of drug-likeness (QED) is 0.810. The number of amides is 2. The van der Waals surface area contributed by atoms with Crippen LogP contribution in [0.3, 0.4) is 0 Å². The summed E-state index contributed by atoms with van der Waals surface area (Å²) in [5.41, 5.74) is 1.31. The fourth-order valence-corrected chi connectivity index (χ4v) is 1.91. The Balaban J connectivity index is 2.09. The molecule has 0 spiro atoms. The fraction of sp³-hybridized carbons (Fsp3) is 0.0714. The van der Waals surface area contributed by atoms with Gasteiger partial charge < -0.3 is 15.7 Å². The normalized spacial score (nSPS) is 10.2. The molecular weight excluding hydrogens is 283 g/mol. The van der Waals surface area contributed by atoms with E-state index in [4.69, 9.17) is 16.7 Å². The monoisotopic (exact) mass is 294 g/mol. The second-order valence-electron chi connectivity index (χ2n) is 4.05. The second-order valence-corrected chi connectivity index (χ2v) is 4.49.